The first-order valence-electron chi connectivity index (χ1n) is 12.4. The SMILES string of the molecule is CC(C)C[C@H](NC(=O)c1ccc(CN(c2ccccc2)S(=O)(=O)c2ccccc2)cc1)c1ccccc1. The summed E-state index contributed by atoms with van der Waals surface area (Å²) in [6.45, 7) is 4.42. The highest BCUT2D eigenvalue weighted by Crippen LogP contribution is 2.26. The summed E-state index contributed by atoms with van der Waals surface area (Å²) in [6, 6.07) is 34.5. The highest BCUT2D eigenvalue weighted by atomic mass is 32.2. The molecule has 5 nitrogen and oxygen atoms in total. The van der Waals surface area contributed by atoms with E-state index in [1.54, 1.807) is 54.6 Å². The number of rotatable bonds is 10. The van der Waals surface area contributed by atoms with Crippen molar-refractivity contribution in [1.82, 2.24) is 5.32 Å². The average Bonchev–Trinajstić information content (AvgIpc) is 2.93. The summed E-state index contributed by atoms with van der Waals surface area (Å²) >= 11 is 0. The molecular weight excluding hydrogens is 480 g/mol. The number of sulfonamides is 1. The van der Waals surface area contributed by atoms with Crippen LogP contribution in [0.2, 0.25) is 0 Å². The fraction of sp³-hybridized carbons (Fsp3) is 0.194. The molecule has 4 aromatic carbocycles. The summed E-state index contributed by atoms with van der Waals surface area (Å²) in [5.41, 5.74) is 2.96. The van der Waals surface area contributed by atoms with Crippen LogP contribution in [0.3, 0.4) is 0 Å². The summed E-state index contributed by atoms with van der Waals surface area (Å²) < 4.78 is 28.4. The maximum atomic E-state index is 13.5. The van der Waals surface area contributed by atoms with Gasteiger partial charge in [0.2, 0.25) is 0 Å². The first-order chi connectivity index (χ1) is 17.8. The third-order valence-corrected chi connectivity index (χ3v) is 7.92. The Labute approximate surface area is 219 Å². The fourth-order valence-electron chi connectivity index (χ4n) is 4.23. The Balaban J connectivity index is 1.55. The highest BCUT2D eigenvalue weighted by molar-refractivity contribution is 7.92. The van der Waals surface area contributed by atoms with E-state index in [0.29, 0.717) is 17.2 Å². The van der Waals surface area contributed by atoms with Crippen molar-refractivity contribution in [3.63, 3.8) is 0 Å². The fourth-order valence-corrected chi connectivity index (χ4v) is 5.71. The monoisotopic (exact) mass is 512 g/mol. The van der Waals surface area contributed by atoms with Gasteiger partial charge in [0.15, 0.2) is 0 Å². The van der Waals surface area contributed by atoms with Gasteiger partial charge in [-0.3, -0.25) is 9.10 Å². The van der Waals surface area contributed by atoms with Crippen molar-refractivity contribution in [2.24, 2.45) is 5.92 Å². The van der Waals surface area contributed by atoms with Crippen LogP contribution < -0.4 is 9.62 Å². The Kier molecular flexibility index (Phi) is 8.41. The quantitative estimate of drug-likeness (QED) is 0.260. The molecule has 0 saturated carbocycles. The largest absolute Gasteiger partial charge is 0.345 e. The Hall–Kier alpha value is -3.90. The molecule has 190 valence electrons. The van der Waals surface area contributed by atoms with E-state index < -0.39 is 10.0 Å². The molecular formula is C31H32N2O3S. The maximum absolute atomic E-state index is 13.5. The van der Waals surface area contributed by atoms with Crippen molar-refractivity contribution in [2.45, 2.75) is 37.8 Å². The maximum Gasteiger partial charge on any atom is 0.264 e. The second kappa shape index (κ2) is 11.9. The van der Waals surface area contributed by atoms with Gasteiger partial charge in [0.25, 0.3) is 15.9 Å². The van der Waals surface area contributed by atoms with Crippen LogP contribution in [0.5, 0.6) is 0 Å². The van der Waals surface area contributed by atoms with E-state index in [-0.39, 0.29) is 23.4 Å². The lowest BCUT2D eigenvalue weighted by molar-refractivity contribution is 0.0932. The summed E-state index contributed by atoms with van der Waals surface area (Å²) in [5, 5.41) is 3.17. The molecule has 0 unspecified atom stereocenters. The van der Waals surface area contributed by atoms with E-state index in [1.807, 2.05) is 60.7 Å². The van der Waals surface area contributed by atoms with E-state index >= 15 is 0 Å². The molecule has 0 aliphatic carbocycles. The number of nitrogens with zero attached hydrogens (tertiary/aromatic N) is 1. The molecule has 0 radical (unpaired) electrons. The predicted molar refractivity (Wildman–Crippen MR) is 149 cm³/mol. The Morgan fingerprint density at radius 3 is 1.86 bits per heavy atom. The topological polar surface area (TPSA) is 66.5 Å². The van der Waals surface area contributed by atoms with Gasteiger partial charge in [0, 0.05) is 5.56 Å². The molecule has 0 bridgehead atoms. The van der Waals surface area contributed by atoms with E-state index in [2.05, 4.69) is 19.2 Å². The van der Waals surface area contributed by atoms with Crippen molar-refractivity contribution in [3.8, 4) is 0 Å². The molecule has 1 atom stereocenters. The van der Waals surface area contributed by atoms with Gasteiger partial charge in [-0.25, -0.2) is 8.42 Å². The van der Waals surface area contributed by atoms with Crippen LogP contribution in [-0.2, 0) is 16.6 Å². The molecule has 1 amide bonds. The molecule has 37 heavy (non-hydrogen) atoms. The van der Waals surface area contributed by atoms with E-state index in [1.165, 1.54) is 4.31 Å². The highest BCUT2D eigenvalue weighted by Gasteiger charge is 2.25. The lowest BCUT2D eigenvalue weighted by atomic mass is 9.96. The molecule has 4 rings (SSSR count). The lowest BCUT2D eigenvalue weighted by Gasteiger charge is -2.25. The number of anilines is 1. The zero-order valence-corrected chi connectivity index (χ0v) is 21.9. The van der Waals surface area contributed by atoms with Gasteiger partial charge in [-0.05, 0) is 59.9 Å². The van der Waals surface area contributed by atoms with E-state index in [0.717, 1.165) is 17.5 Å². The normalized spacial score (nSPS) is 12.2. The number of amides is 1. The molecule has 0 aliphatic heterocycles. The van der Waals surface area contributed by atoms with Gasteiger partial charge in [-0.2, -0.15) is 0 Å². The molecule has 0 fully saturated rings. The number of benzene rings is 4. The molecule has 0 spiro atoms. The van der Waals surface area contributed by atoms with Crippen LogP contribution in [-0.4, -0.2) is 14.3 Å². The van der Waals surface area contributed by atoms with E-state index in [9.17, 15) is 13.2 Å². The van der Waals surface area contributed by atoms with Gasteiger partial charge < -0.3 is 5.32 Å². The molecule has 0 aromatic heterocycles. The molecule has 1 N–H and O–H groups in total. The molecule has 6 heteroatoms. The summed E-state index contributed by atoms with van der Waals surface area (Å²) in [7, 11) is -3.78. The van der Waals surface area contributed by atoms with Gasteiger partial charge >= 0.3 is 0 Å². The Morgan fingerprint density at radius 1 is 0.757 bits per heavy atom. The van der Waals surface area contributed by atoms with Crippen molar-refractivity contribution < 1.29 is 13.2 Å². The summed E-state index contributed by atoms with van der Waals surface area (Å²) in [5.74, 6) is 0.265. The van der Waals surface area contributed by atoms with Crippen LogP contribution in [0.25, 0.3) is 0 Å². The number of para-hydroxylation sites is 1. The second-order valence-electron chi connectivity index (χ2n) is 9.42. The average molecular weight is 513 g/mol. The van der Waals surface area contributed by atoms with E-state index in [4.69, 9.17) is 0 Å². The number of hydrogen-bond acceptors (Lipinski definition) is 3. The number of hydrogen-bond donors (Lipinski definition) is 1. The minimum absolute atomic E-state index is 0.0852. The first kappa shape index (κ1) is 26.2. The van der Waals surface area contributed by atoms with Crippen molar-refractivity contribution >= 4 is 21.6 Å². The minimum atomic E-state index is -3.78. The smallest absolute Gasteiger partial charge is 0.264 e. The van der Waals surface area contributed by atoms with Crippen molar-refractivity contribution in [1.29, 1.82) is 0 Å². The van der Waals surface area contributed by atoms with Crippen molar-refractivity contribution in [2.75, 3.05) is 4.31 Å². The zero-order valence-electron chi connectivity index (χ0n) is 21.1. The third-order valence-electron chi connectivity index (χ3n) is 6.13. The van der Waals surface area contributed by atoms with Gasteiger partial charge in [0.1, 0.15) is 0 Å². The zero-order chi connectivity index (χ0) is 26.3. The predicted octanol–water partition coefficient (Wildman–Crippen LogP) is 6.60. The van der Waals surface area contributed by atoms with Crippen LogP contribution in [0.1, 0.15) is 47.8 Å². The summed E-state index contributed by atoms with van der Waals surface area (Å²) in [4.78, 5) is 13.3. The molecule has 0 aliphatic rings. The minimum Gasteiger partial charge on any atom is -0.345 e. The van der Waals surface area contributed by atoms with Gasteiger partial charge in [-0.1, -0.05) is 92.7 Å². The Morgan fingerprint density at radius 2 is 1.30 bits per heavy atom. The second-order valence-corrected chi connectivity index (χ2v) is 11.3. The van der Waals surface area contributed by atoms with Crippen LogP contribution >= 0.6 is 0 Å². The third kappa shape index (κ3) is 6.66. The molecule has 0 heterocycles. The molecule has 0 saturated heterocycles. The lowest BCUT2D eigenvalue weighted by Crippen LogP contribution is -2.31. The van der Waals surface area contributed by atoms with Gasteiger partial charge in [0.05, 0.1) is 23.2 Å². The Bertz CT molecular complexity index is 1390. The first-order valence-corrected chi connectivity index (χ1v) is 13.9. The number of carbonyl (C=O) groups is 1. The van der Waals surface area contributed by atoms with Crippen LogP contribution in [0.15, 0.2) is 120 Å². The van der Waals surface area contributed by atoms with Crippen molar-refractivity contribution in [3.05, 3.63) is 132 Å². The van der Waals surface area contributed by atoms with Crippen LogP contribution in [0, 0.1) is 5.92 Å². The molecule has 4 aromatic rings. The van der Waals surface area contributed by atoms with Gasteiger partial charge in [-0.15, -0.1) is 0 Å². The standard InChI is InChI=1S/C31H32N2O3S/c1-24(2)22-30(26-12-6-3-7-13-26)32-31(34)27-20-18-25(19-21-27)23-33(28-14-8-4-9-15-28)37(35,36)29-16-10-5-11-17-29/h3-21,24,30H,22-23H2,1-2H3,(H,32,34)/t30-/m0/s1. The van der Waals surface area contributed by atoms with Crippen LogP contribution in [0.4, 0.5) is 5.69 Å². The summed E-state index contributed by atoms with van der Waals surface area (Å²) in [6.07, 6.45) is 0.831. The number of carbonyl (C=O) groups excluding carboxylic acids is 1. The number of nitrogens with one attached hydrogen (secondary N) is 1.